The maximum Gasteiger partial charge on any atom is 0.0133 e. The SMILES string of the molecule is CNC1CCCCC1c1cccc(CC(C)C)c1. The Morgan fingerprint density at radius 2 is 2.00 bits per heavy atom. The Kier molecular flexibility index (Phi) is 4.82. The van der Waals surface area contributed by atoms with E-state index in [2.05, 4.69) is 50.5 Å². The molecule has 2 unspecified atom stereocenters. The molecule has 1 aromatic carbocycles. The van der Waals surface area contributed by atoms with E-state index in [9.17, 15) is 0 Å². The third kappa shape index (κ3) is 3.35. The third-order valence-electron chi connectivity index (χ3n) is 4.16. The molecule has 0 amide bonds. The predicted octanol–water partition coefficient (Wildman–Crippen LogP) is 4.13. The Labute approximate surface area is 112 Å². The first-order valence-electron chi connectivity index (χ1n) is 7.47. The Hall–Kier alpha value is -0.820. The van der Waals surface area contributed by atoms with Crippen LogP contribution in [-0.4, -0.2) is 13.1 Å². The molecular formula is C17H27N. The van der Waals surface area contributed by atoms with E-state index < -0.39 is 0 Å². The van der Waals surface area contributed by atoms with Gasteiger partial charge in [0.1, 0.15) is 0 Å². The van der Waals surface area contributed by atoms with Crippen molar-refractivity contribution in [1.29, 1.82) is 0 Å². The summed E-state index contributed by atoms with van der Waals surface area (Å²) in [5, 5.41) is 3.51. The molecule has 0 radical (unpaired) electrons. The van der Waals surface area contributed by atoms with Crippen LogP contribution in [0, 0.1) is 5.92 Å². The lowest BCUT2D eigenvalue weighted by molar-refractivity contribution is 0.344. The van der Waals surface area contributed by atoms with Gasteiger partial charge in [0.05, 0.1) is 0 Å². The summed E-state index contributed by atoms with van der Waals surface area (Å²) in [6, 6.07) is 9.97. The molecule has 1 fully saturated rings. The lowest BCUT2D eigenvalue weighted by Gasteiger charge is -2.32. The Balaban J connectivity index is 2.15. The van der Waals surface area contributed by atoms with Crippen molar-refractivity contribution in [2.45, 2.75) is 57.9 Å². The van der Waals surface area contributed by atoms with E-state index in [0.29, 0.717) is 6.04 Å². The van der Waals surface area contributed by atoms with Crippen molar-refractivity contribution in [3.63, 3.8) is 0 Å². The van der Waals surface area contributed by atoms with Crippen LogP contribution in [0.5, 0.6) is 0 Å². The molecule has 1 N–H and O–H groups in total. The minimum Gasteiger partial charge on any atom is -0.316 e. The first-order chi connectivity index (χ1) is 8.70. The normalized spacial score (nSPS) is 24.4. The van der Waals surface area contributed by atoms with E-state index in [1.807, 2.05) is 0 Å². The van der Waals surface area contributed by atoms with Crippen molar-refractivity contribution in [2.24, 2.45) is 5.92 Å². The van der Waals surface area contributed by atoms with Crippen LogP contribution in [0.15, 0.2) is 24.3 Å². The van der Waals surface area contributed by atoms with E-state index in [1.54, 1.807) is 5.56 Å². The second-order valence-electron chi connectivity index (χ2n) is 6.13. The van der Waals surface area contributed by atoms with Crippen molar-refractivity contribution in [1.82, 2.24) is 5.32 Å². The Bertz CT molecular complexity index is 370. The predicted molar refractivity (Wildman–Crippen MR) is 79.0 cm³/mol. The number of likely N-dealkylation sites (N-methyl/N-ethyl adjacent to an activating group) is 1. The first-order valence-corrected chi connectivity index (χ1v) is 7.47. The molecule has 1 aliphatic carbocycles. The maximum absolute atomic E-state index is 3.51. The summed E-state index contributed by atoms with van der Waals surface area (Å²) >= 11 is 0. The minimum absolute atomic E-state index is 0.674. The van der Waals surface area contributed by atoms with Crippen LogP contribution >= 0.6 is 0 Å². The van der Waals surface area contributed by atoms with E-state index in [4.69, 9.17) is 0 Å². The van der Waals surface area contributed by atoms with Gasteiger partial charge in [-0.15, -0.1) is 0 Å². The van der Waals surface area contributed by atoms with E-state index in [-0.39, 0.29) is 0 Å². The third-order valence-corrected chi connectivity index (χ3v) is 4.16. The Morgan fingerprint density at radius 3 is 2.72 bits per heavy atom. The number of hydrogen-bond acceptors (Lipinski definition) is 1. The molecule has 0 aliphatic heterocycles. The first kappa shape index (κ1) is 13.6. The van der Waals surface area contributed by atoms with Crippen molar-refractivity contribution < 1.29 is 0 Å². The molecule has 18 heavy (non-hydrogen) atoms. The number of benzene rings is 1. The molecule has 0 saturated heterocycles. The fourth-order valence-electron chi connectivity index (χ4n) is 3.30. The highest BCUT2D eigenvalue weighted by Crippen LogP contribution is 2.33. The van der Waals surface area contributed by atoms with Crippen LogP contribution in [0.4, 0.5) is 0 Å². The zero-order valence-electron chi connectivity index (χ0n) is 12.1. The molecule has 0 bridgehead atoms. The quantitative estimate of drug-likeness (QED) is 0.841. The smallest absolute Gasteiger partial charge is 0.0133 e. The van der Waals surface area contributed by atoms with Crippen molar-refractivity contribution in [2.75, 3.05) is 7.05 Å². The van der Waals surface area contributed by atoms with Gasteiger partial charge in [0, 0.05) is 6.04 Å². The molecule has 0 spiro atoms. The van der Waals surface area contributed by atoms with Gasteiger partial charge in [-0.1, -0.05) is 51.0 Å². The van der Waals surface area contributed by atoms with Crippen LogP contribution in [0.2, 0.25) is 0 Å². The molecule has 100 valence electrons. The lowest BCUT2D eigenvalue weighted by atomic mass is 9.79. The molecule has 1 aliphatic rings. The largest absolute Gasteiger partial charge is 0.316 e. The second kappa shape index (κ2) is 6.38. The van der Waals surface area contributed by atoms with Crippen molar-refractivity contribution >= 4 is 0 Å². The fourth-order valence-corrected chi connectivity index (χ4v) is 3.30. The highest BCUT2D eigenvalue weighted by atomic mass is 14.9. The van der Waals surface area contributed by atoms with Crippen molar-refractivity contribution in [3.8, 4) is 0 Å². The van der Waals surface area contributed by atoms with Crippen LogP contribution in [0.3, 0.4) is 0 Å². The van der Waals surface area contributed by atoms with E-state index >= 15 is 0 Å². The van der Waals surface area contributed by atoms with Crippen molar-refractivity contribution in [3.05, 3.63) is 35.4 Å². The van der Waals surface area contributed by atoms with Gasteiger partial charge in [-0.25, -0.2) is 0 Å². The van der Waals surface area contributed by atoms with Gasteiger partial charge in [-0.05, 0) is 49.3 Å². The number of nitrogens with one attached hydrogen (secondary N) is 1. The summed E-state index contributed by atoms with van der Waals surface area (Å²) in [7, 11) is 2.11. The van der Waals surface area contributed by atoms with Crippen LogP contribution in [-0.2, 0) is 6.42 Å². The van der Waals surface area contributed by atoms with Crippen LogP contribution < -0.4 is 5.32 Å². The van der Waals surface area contributed by atoms with Gasteiger partial charge in [0.15, 0.2) is 0 Å². The van der Waals surface area contributed by atoms with Crippen LogP contribution in [0.1, 0.15) is 56.6 Å². The van der Waals surface area contributed by atoms with Gasteiger partial charge >= 0.3 is 0 Å². The number of rotatable bonds is 4. The molecule has 1 saturated carbocycles. The monoisotopic (exact) mass is 245 g/mol. The molecule has 1 aromatic rings. The Morgan fingerprint density at radius 1 is 1.22 bits per heavy atom. The highest BCUT2D eigenvalue weighted by molar-refractivity contribution is 5.28. The van der Waals surface area contributed by atoms with Gasteiger partial charge in [-0.3, -0.25) is 0 Å². The molecule has 0 heterocycles. The standard InChI is InChI=1S/C17H27N/c1-13(2)11-14-7-6-8-15(12-14)16-9-4-5-10-17(16)18-3/h6-8,12-13,16-18H,4-5,9-11H2,1-3H3. The summed E-state index contributed by atoms with van der Waals surface area (Å²) < 4.78 is 0. The highest BCUT2D eigenvalue weighted by Gasteiger charge is 2.25. The summed E-state index contributed by atoms with van der Waals surface area (Å²) in [6.45, 7) is 4.59. The second-order valence-corrected chi connectivity index (χ2v) is 6.13. The number of hydrogen-bond donors (Lipinski definition) is 1. The summed E-state index contributed by atoms with van der Waals surface area (Å²) in [6.07, 6.45) is 6.64. The maximum atomic E-state index is 3.51. The summed E-state index contributed by atoms with van der Waals surface area (Å²) in [5.74, 6) is 1.46. The molecule has 1 nitrogen and oxygen atoms in total. The minimum atomic E-state index is 0.674. The lowest BCUT2D eigenvalue weighted by Crippen LogP contribution is -2.34. The molecule has 2 rings (SSSR count). The van der Waals surface area contributed by atoms with Gasteiger partial charge in [-0.2, -0.15) is 0 Å². The van der Waals surface area contributed by atoms with E-state index in [1.165, 1.54) is 37.7 Å². The zero-order valence-corrected chi connectivity index (χ0v) is 12.1. The average Bonchev–Trinajstić information content (AvgIpc) is 2.38. The van der Waals surface area contributed by atoms with Crippen LogP contribution in [0.25, 0.3) is 0 Å². The molecular weight excluding hydrogens is 218 g/mol. The molecule has 2 atom stereocenters. The molecule has 1 heteroatoms. The fraction of sp³-hybridized carbons (Fsp3) is 0.647. The molecule has 0 aromatic heterocycles. The van der Waals surface area contributed by atoms with Gasteiger partial charge in [0.25, 0.3) is 0 Å². The topological polar surface area (TPSA) is 12.0 Å². The van der Waals surface area contributed by atoms with E-state index in [0.717, 1.165) is 11.8 Å². The average molecular weight is 245 g/mol. The summed E-state index contributed by atoms with van der Waals surface area (Å²) in [4.78, 5) is 0. The zero-order chi connectivity index (χ0) is 13.0. The summed E-state index contributed by atoms with van der Waals surface area (Å²) in [5.41, 5.74) is 3.05. The van der Waals surface area contributed by atoms with Gasteiger partial charge < -0.3 is 5.32 Å². The van der Waals surface area contributed by atoms with Gasteiger partial charge in [0.2, 0.25) is 0 Å².